The predicted octanol–water partition coefficient (Wildman–Crippen LogP) is 1.23. The maximum atomic E-state index is 12.7. The summed E-state index contributed by atoms with van der Waals surface area (Å²) in [4.78, 5) is 32.7. The van der Waals surface area contributed by atoms with E-state index in [1.807, 2.05) is 13.8 Å². The summed E-state index contributed by atoms with van der Waals surface area (Å²) in [6.07, 6.45) is 3.43. The number of aliphatic hydroxyl groups is 1. The lowest BCUT2D eigenvalue weighted by Gasteiger charge is -2.21. The van der Waals surface area contributed by atoms with Gasteiger partial charge in [0.2, 0.25) is 0 Å². The first kappa shape index (κ1) is 18.6. The van der Waals surface area contributed by atoms with Gasteiger partial charge in [-0.25, -0.2) is 9.97 Å². The van der Waals surface area contributed by atoms with Crippen LogP contribution in [0.25, 0.3) is 17.1 Å². The highest BCUT2D eigenvalue weighted by molar-refractivity contribution is 5.99. The number of aliphatic hydroxyl groups excluding tert-OH is 1. The fraction of sp³-hybridized carbons (Fsp3) is 0.333. The molecule has 142 valence electrons. The summed E-state index contributed by atoms with van der Waals surface area (Å²) >= 11 is 0. The van der Waals surface area contributed by atoms with Crippen LogP contribution in [0, 0.1) is 5.41 Å². The zero-order valence-corrected chi connectivity index (χ0v) is 15.1. The quantitative estimate of drug-likeness (QED) is 0.571. The maximum absolute atomic E-state index is 12.7. The van der Waals surface area contributed by atoms with Gasteiger partial charge >= 0.3 is 0 Å². The molecule has 0 aliphatic carbocycles. The molecule has 0 atom stereocenters. The lowest BCUT2D eigenvalue weighted by atomic mass is 9.91. The molecule has 3 rings (SSSR count). The molecule has 0 unspecified atom stereocenters. The van der Waals surface area contributed by atoms with Gasteiger partial charge in [0.25, 0.3) is 11.8 Å². The van der Waals surface area contributed by atoms with Crippen molar-refractivity contribution in [1.29, 1.82) is 0 Å². The van der Waals surface area contributed by atoms with Crippen molar-refractivity contribution in [2.24, 2.45) is 11.1 Å². The third kappa shape index (κ3) is 3.82. The lowest BCUT2D eigenvalue weighted by molar-refractivity contribution is 0.0930. The van der Waals surface area contributed by atoms with Crippen molar-refractivity contribution in [1.82, 2.24) is 19.7 Å². The number of furan rings is 1. The second-order valence-electron chi connectivity index (χ2n) is 6.98. The van der Waals surface area contributed by atoms with Crippen LogP contribution < -0.4 is 11.1 Å². The molecule has 0 spiro atoms. The maximum Gasteiger partial charge on any atom is 0.271 e. The molecule has 0 aliphatic heterocycles. The van der Waals surface area contributed by atoms with Gasteiger partial charge in [0.1, 0.15) is 17.7 Å². The molecule has 3 aromatic rings. The van der Waals surface area contributed by atoms with Gasteiger partial charge in [0.15, 0.2) is 17.1 Å². The van der Waals surface area contributed by atoms with Gasteiger partial charge < -0.3 is 20.6 Å². The summed E-state index contributed by atoms with van der Waals surface area (Å²) in [5.74, 6) is -0.653. The van der Waals surface area contributed by atoms with E-state index in [4.69, 9.17) is 10.2 Å². The summed E-state index contributed by atoms with van der Waals surface area (Å²) < 4.78 is 6.77. The molecular weight excluding hydrogens is 350 g/mol. The van der Waals surface area contributed by atoms with Crippen molar-refractivity contribution in [3.8, 4) is 11.5 Å². The van der Waals surface area contributed by atoms with Crippen LogP contribution in [0.3, 0.4) is 0 Å². The molecule has 0 saturated carbocycles. The van der Waals surface area contributed by atoms with E-state index in [1.165, 1.54) is 17.0 Å². The number of nitrogens with zero attached hydrogens (tertiary/aromatic N) is 3. The van der Waals surface area contributed by atoms with Crippen LogP contribution in [0.4, 0.5) is 0 Å². The van der Waals surface area contributed by atoms with E-state index in [0.717, 1.165) is 0 Å². The molecule has 3 heterocycles. The fourth-order valence-corrected chi connectivity index (χ4v) is 2.55. The zero-order valence-electron chi connectivity index (χ0n) is 15.1. The van der Waals surface area contributed by atoms with Crippen molar-refractivity contribution in [3.63, 3.8) is 0 Å². The molecule has 0 aliphatic rings. The Morgan fingerprint density at radius 1 is 1.41 bits per heavy atom. The van der Waals surface area contributed by atoms with E-state index in [9.17, 15) is 14.7 Å². The Balaban J connectivity index is 1.98. The number of rotatable bonds is 7. The minimum absolute atomic E-state index is 0.0223. The van der Waals surface area contributed by atoms with Gasteiger partial charge in [-0.15, -0.1) is 0 Å². The van der Waals surface area contributed by atoms with Gasteiger partial charge in [0.05, 0.1) is 6.26 Å². The van der Waals surface area contributed by atoms with Crippen molar-refractivity contribution in [2.75, 3.05) is 13.2 Å². The predicted molar refractivity (Wildman–Crippen MR) is 97.0 cm³/mol. The Hall–Kier alpha value is -3.20. The van der Waals surface area contributed by atoms with E-state index >= 15 is 0 Å². The number of primary amides is 1. The van der Waals surface area contributed by atoms with E-state index in [-0.39, 0.29) is 35.0 Å². The minimum atomic E-state index is -0.738. The second-order valence-corrected chi connectivity index (χ2v) is 6.98. The van der Waals surface area contributed by atoms with Crippen LogP contribution in [-0.4, -0.2) is 44.4 Å². The highest BCUT2D eigenvalue weighted by Gasteiger charge is 2.21. The van der Waals surface area contributed by atoms with Crippen molar-refractivity contribution in [2.45, 2.75) is 20.3 Å². The Morgan fingerprint density at radius 2 is 2.19 bits per heavy atom. The number of nitrogens with two attached hydrogens (primary N) is 1. The van der Waals surface area contributed by atoms with Crippen LogP contribution in [0.5, 0.6) is 0 Å². The average Bonchev–Trinajstić information content (AvgIpc) is 3.30. The number of carbonyl (C=O) groups excluding carboxylic acids is 2. The summed E-state index contributed by atoms with van der Waals surface area (Å²) in [7, 11) is 0. The Bertz CT molecular complexity index is 975. The first-order valence-electron chi connectivity index (χ1n) is 8.43. The largest absolute Gasteiger partial charge is 0.463 e. The van der Waals surface area contributed by atoms with E-state index in [1.54, 1.807) is 18.2 Å². The molecule has 0 radical (unpaired) electrons. The first-order chi connectivity index (χ1) is 12.8. The molecule has 0 saturated heterocycles. The zero-order chi connectivity index (χ0) is 19.6. The summed E-state index contributed by atoms with van der Waals surface area (Å²) in [5, 5.41) is 12.1. The Labute approximate surface area is 155 Å². The minimum Gasteiger partial charge on any atom is -0.463 e. The van der Waals surface area contributed by atoms with E-state index in [0.29, 0.717) is 24.4 Å². The SMILES string of the molecule is CC(C)(CO)CCNC(=O)c1cc(-c2ccco2)nc2c(C(N)=O)ncn12. The molecule has 9 heteroatoms. The number of hydrogen-bond donors (Lipinski definition) is 3. The molecular formula is C18H21N5O4. The number of fused-ring (bicyclic) bond motifs is 1. The van der Waals surface area contributed by atoms with Gasteiger partial charge in [-0.1, -0.05) is 13.8 Å². The van der Waals surface area contributed by atoms with E-state index < -0.39 is 5.91 Å². The molecule has 9 nitrogen and oxygen atoms in total. The van der Waals surface area contributed by atoms with Crippen molar-refractivity contribution >= 4 is 17.5 Å². The molecule has 3 aromatic heterocycles. The fourth-order valence-electron chi connectivity index (χ4n) is 2.55. The monoisotopic (exact) mass is 371 g/mol. The van der Waals surface area contributed by atoms with Crippen LogP contribution in [-0.2, 0) is 0 Å². The second kappa shape index (κ2) is 7.20. The number of aromatic nitrogens is 3. The highest BCUT2D eigenvalue weighted by Crippen LogP contribution is 2.22. The molecule has 0 fully saturated rings. The molecule has 0 bridgehead atoms. The van der Waals surface area contributed by atoms with Crippen molar-refractivity contribution in [3.05, 3.63) is 42.2 Å². The standard InChI is InChI=1S/C18H21N5O4/c1-18(2,9-24)5-6-20-17(26)12-8-11(13-4-3-7-27-13)22-16-14(15(19)25)21-10-23(12)16/h3-4,7-8,10,24H,5-6,9H2,1-2H3,(H2,19,25)(H,20,26). The lowest BCUT2D eigenvalue weighted by Crippen LogP contribution is -2.30. The molecule has 2 amide bonds. The number of amides is 2. The molecule has 0 aromatic carbocycles. The van der Waals surface area contributed by atoms with Gasteiger partial charge in [-0.05, 0) is 30.0 Å². The Morgan fingerprint density at radius 3 is 2.81 bits per heavy atom. The van der Waals surface area contributed by atoms with E-state index in [2.05, 4.69) is 15.3 Å². The van der Waals surface area contributed by atoms with Crippen LogP contribution in [0.15, 0.2) is 35.2 Å². The normalized spacial score (nSPS) is 11.7. The van der Waals surface area contributed by atoms with Gasteiger partial charge in [-0.3, -0.25) is 14.0 Å². The summed E-state index contributed by atoms with van der Waals surface area (Å²) in [6.45, 7) is 4.22. The topological polar surface area (TPSA) is 136 Å². The third-order valence-corrected chi connectivity index (χ3v) is 4.26. The number of carbonyl (C=O) groups is 2. The number of hydrogen-bond acceptors (Lipinski definition) is 6. The van der Waals surface area contributed by atoms with Crippen LogP contribution in [0.2, 0.25) is 0 Å². The number of imidazole rings is 1. The molecule has 4 N–H and O–H groups in total. The first-order valence-corrected chi connectivity index (χ1v) is 8.43. The third-order valence-electron chi connectivity index (χ3n) is 4.26. The Kier molecular flexibility index (Phi) is 4.95. The van der Waals surface area contributed by atoms with Crippen LogP contribution in [0.1, 0.15) is 41.2 Å². The van der Waals surface area contributed by atoms with Gasteiger partial charge in [-0.2, -0.15) is 0 Å². The van der Waals surface area contributed by atoms with Gasteiger partial charge in [0, 0.05) is 13.2 Å². The van der Waals surface area contributed by atoms with Crippen molar-refractivity contribution < 1.29 is 19.1 Å². The number of nitrogens with one attached hydrogen (secondary N) is 1. The average molecular weight is 371 g/mol. The smallest absolute Gasteiger partial charge is 0.271 e. The molecule has 27 heavy (non-hydrogen) atoms. The summed E-state index contributed by atoms with van der Waals surface area (Å²) in [6, 6.07) is 4.96. The van der Waals surface area contributed by atoms with Crippen LogP contribution >= 0.6 is 0 Å². The summed E-state index contributed by atoms with van der Waals surface area (Å²) in [5.41, 5.74) is 5.84. The highest BCUT2D eigenvalue weighted by atomic mass is 16.3.